The number of nitrogens with zero attached hydrogens (tertiary/aromatic N) is 4. The van der Waals surface area contributed by atoms with Crippen LogP contribution in [0.25, 0.3) is 33.8 Å². The summed E-state index contributed by atoms with van der Waals surface area (Å²) in [5, 5.41) is 8.04. The summed E-state index contributed by atoms with van der Waals surface area (Å²) in [6, 6.07) is 3.98. The van der Waals surface area contributed by atoms with Gasteiger partial charge in [-0.05, 0) is 55.9 Å². The average Bonchev–Trinajstić information content (AvgIpc) is 3.55. The van der Waals surface area contributed by atoms with Crippen LogP contribution >= 0.6 is 22.9 Å². The molecule has 4 aromatic rings. The average molecular weight is 509 g/mol. The predicted molar refractivity (Wildman–Crippen MR) is 136 cm³/mol. The molecule has 7 rings (SSSR count). The maximum atomic E-state index is 12.9. The van der Waals surface area contributed by atoms with Gasteiger partial charge in [-0.15, -0.1) is 0 Å². The Bertz CT molecular complexity index is 1370. The van der Waals surface area contributed by atoms with Crippen molar-refractivity contribution in [3.8, 4) is 22.6 Å². The van der Waals surface area contributed by atoms with Crippen LogP contribution in [0.5, 0.6) is 0 Å². The highest BCUT2D eigenvalue weighted by Crippen LogP contribution is 2.47. The first-order chi connectivity index (χ1) is 17.1. The van der Waals surface area contributed by atoms with Crippen molar-refractivity contribution in [3.05, 3.63) is 40.4 Å². The molecule has 0 aliphatic heterocycles. The van der Waals surface area contributed by atoms with E-state index in [1.807, 2.05) is 30.6 Å². The van der Waals surface area contributed by atoms with E-state index in [1.54, 1.807) is 11.3 Å². The van der Waals surface area contributed by atoms with Gasteiger partial charge in [0, 0.05) is 29.2 Å². The van der Waals surface area contributed by atoms with E-state index in [9.17, 15) is 4.79 Å². The number of H-pyrrole nitrogens is 1. The zero-order valence-corrected chi connectivity index (χ0v) is 20.8. The van der Waals surface area contributed by atoms with Crippen molar-refractivity contribution in [3.63, 3.8) is 0 Å². The topological polar surface area (TPSA) is 106 Å². The molecular weight excluding hydrogens is 484 g/mol. The van der Waals surface area contributed by atoms with Crippen molar-refractivity contribution in [2.24, 2.45) is 17.8 Å². The molecule has 3 saturated carbocycles. The number of ether oxygens (including phenoxy) is 1. The molecule has 0 spiro atoms. The van der Waals surface area contributed by atoms with Crippen LogP contribution in [0.15, 0.2) is 35.3 Å². The van der Waals surface area contributed by atoms with Gasteiger partial charge in [0.1, 0.15) is 16.5 Å². The third-order valence-corrected chi connectivity index (χ3v) is 8.09. The number of anilines is 1. The molecule has 4 heterocycles. The molecule has 0 radical (unpaired) electrons. The zero-order chi connectivity index (χ0) is 23.9. The van der Waals surface area contributed by atoms with Gasteiger partial charge in [-0.3, -0.25) is 4.79 Å². The molecule has 4 aromatic heterocycles. The Hall–Kier alpha value is -3.04. The van der Waals surface area contributed by atoms with Crippen LogP contribution in [0.2, 0.25) is 5.15 Å². The van der Waals surface area contributed by atoms with Gasteiger partial charge in [-0.2, -0.15) is 11.3 Å². The Balaban J connectivity index is 1.42. The van der Waals surface area contributed by atoms with Crippen molar-refractivity contribution in [1.29, 1.82) is 0 Å². The van der Waals surface area contributed by atoms with Crippen LogP contribution in [0.3, 0.4) is 0 Å². The maximum absolute atomic E-state index is 12.9. The van der Waals surface area contributed by atoms with Gasteiger partial charge in [-0.25, -0.2) is 19.9 Å². The first-order valence-electron chi connectivity index (χ1n) is 12.0. The Morgan fingerprint density at radius 3 is 2.83 bits per heavy atom. The number of esters is 1. The van der Waals surface area contributed by atoms with Crippen molar-refractivity contribution in [2.45, 2.75) is 38.6 Å². The molecule has 3 aliphatic rings. The van der Waals surface area contributed by atoms with Crippen molar-refractivity contribution < 1.29 is 9.53 Å². The monoisotopic (exact) mass is 508 g/mol. The number of nitrogens with one attached hydrogen (secondary N) is 2. The van der Waals surface area contributed by atoms with Gasteiger partial charge in [-0.1, -0.05) is 11.6 Å². The summed E-state index contributed by atoms with van der Waals surface area (Å²) >= 11 is 7.75. The fourth-order valence-electron chi connectivity index (χ4n) is 5.65. The molecule has 3 aliphatic carbocycles. The summed E-state index contributed by atoms with van der Waals surface area (Å²) in [6.07, 6.45) is 7.70. The number of halogens is 1. The van der Waals surface area contributed by atoms with E-state index < -0.39 is 0 Å². The number of aromatic amines is 1. The Morgan fingerprint density at radius 1 is 1.23 bits per heavy atom. The molecule has 35 heavy (non-hydrogen) atoms. The second-order valence-electron chi connectivity index (χ2n) is 9.19. The van der Waals surface area contributed by atoms with Crippen LogP contribution in [-0.4, -0.2) is 43.5 Å². The number of aromatic nitrogens is 5. The highest BCUT2D eigenvalue weighted by molar-refractivity contribution is 7.08. The largest absolute Gasteiger partial charge is 0.466 e. The van der Waals surface area contributed by atoms with E-state index in [0.717, 1.165) is 42.5 Å². The van der Waals surface area contributed by atoms with E-state index in [4.69, 9.17) is 26.3 Å². The Morgan fingerprint density at radius 2 is 2.06 bits per heavy atom. The van der Waals surface area contributed by atoms with Gasteiger partial charge < -0.3 is 15.0 Å². The predicted octanol–water partition coefficient (Wildman–Crippen LogP) is 5.58. The first-order valence-corrected chi connectivity index (χ1v) is 13.3. The summed E-state index contributed by atoms with van der Waals surface area (Å²) in [5.74, 6) is 1.70. The fraction of sp³-hybridized carbons (Fsp3) is 0.400. The first kappa shape index (κ1) is 22.4. The lowest BCUT2D eigenvalue weighted by atomic mass is 9.61. The van der Waals surface area contributed by atoms with Crippen LogP contribution in [-0.2, 0) is 9.53 Å². The standard InChI is InChI=1S/C25H25ClN6O2S/c1-2-34-25(33)20-13-3-5-14(6-4-13)21(20)31-19-9-17(15-7-8-35-12-15)29-23(32-19)16-10-27-24-22(16)30-18(26)11-28-24/h7-14,20-21H,2-6H2,1H3,(H,27,28)(H,29,31,32)/t13?,14?,20-,21-/m1/s1. The molecule has 0 unspecified atom stereocenters. The summed E-state index contributed by atoms with van der Waals surface area (Å²) in [4.78, 5) is 34.6. The Kier molecular flexibility index (Phi) is 5.89. The molecule has 2 atom stereocenters. The minimum Gasteiger partial charge on any atom is -0.466 e. The van der Waals surface area contributed by atoms with E-state index in [1.165, 1.54) is 6.20 Å². The van der Waals surface area contributed by atoms with Gasteiger partial charge in [0.05, 0.1) is 30.0 Å². The normalized spacial score (nSPS) is 23.5. The third kappa shape index (κ3) is 4.16. The number of hydrogen-bond donors (Lipinski definition) is 2. The summed E-state index contributed by atoms with van der Waals surface area (Å²) < 4.78 is 5.48. The van der Waals surface area contributed by atoms with E-state index in [-0.39, 0.29) is 17.9 Å². The van der Waals surface area contributed by atoms with Crippen LogP contribution in [0, 0.1) is 17.8 Å². The van der Waals surface area contributed by atoms with Gasteiger partial charge in [0.15, 0.2) is 11.5 Å². The molecular formula is C25H25ClN6O2S. The molecule has 2 bridgehead atoms. The fourth-order valence-corrected chi connectivity index (χ4v) is 6.43. The van der Waals surface area contributed by atoms with Crippen LogP contribution < -0.4 is 5.32 Å². The Labute approximate surface area is 211 Å². The van der Waals surface area contributed by atoms with E-state index >= 15 is 0 Å². The molecule has 180 valence electrons. The number of rotatable bonds is 6. The lowest BCUT2D eigenvalue weighted by Crippen LogP contribution is -2.52. The summed E-state index contributed by atoms with van der Waals surface area (Å²) in [7, 11) is 0. The number of hydrogen-bond acceptors (Lipinski definition) is 8. The lowest BCUT2D eigenvalue weighted by Gasteiger charge is -2.47. The summed E-state index contributed by atoms with van der Waals surface area (Å²) in [5.41, 5.74) is 3.78. The molecule has 0 amide bonds. The quantitative estimate of drug-likeness (QED) is 0.327. The van der Waals surface area contributed by atoms with Gasteiger partial charge >= 0.3 is 5.97 Å². The molecule has 8 nitrogen and oxygen atoms in total. The minimum atomic E-state index is -0.164. The van der Waals surface area contributed by atoms with Crippen molar-refractivity contribution in [1.82, 2.24) is 24.9 Å². The van der Waals surface area contributed by atoms with E-state index in [0.29, 0.717) is 46.4 Å². The lowest BCUT2D eigenvalue weighted by molar-refractivity contribution is -0.154. The smallest absolute Gasteiger partial charge is 0.311 e. The highest BCUT2D eigenvalue weighted by Gasteiger charge is 2.48. The molecule has 10 heteroatoms. The van der Waals surface area contributed by atoms with Gasteiger partial charge in [0.2, 0.25) is 0 Å². The molecule has 0 aromatic carbocycles. The van der Waals surface area contributed by atoms with Gasteiger partial charge in [0.25, 0.3) is 0 Å². The number of carbonyl (C=O) groups excluding carboxylic acids is 1. The number of carbonyl (C=O) groups is 1. The number of fused-ring (bicyclic) bond motifs is 4. The molecule has 3 fully saturated rings. The van der Waals surface area contributed by atoms with Crippen molar-refractivity contribution >= 4 is 45.9 Å². The minimum absolute atomic E-state index is 0.0168. The van der Waals surface area contributed by atoms with Crippen LogP contribution in [0.1, 0.15) is 32.6 Å². The highest BCUT2D eigenvalue weighted by atomic mass is 35.5. The maximum Gasteiger partial charge on any atom is 0.311 e. The third-order valence-electron chi connectivity index (χ3n) is 7.23. The molecule has 2 N–H and O–H groups in total. The second-order valence-corrected chi connectivity index (χ2v) is 10.4. The SMILES string of the molecule is CCOC(=O)[C@@H]1C2CCC(CC2)[C@H]1Nc1cc(-c2ccsc2)nc(-c2c[nH]c3ncc(Cl)nc23)n1. The number of thiophene rings is 1. The van der Waals surface area contributed by atoms with Crippen molar-refractivity contribution in [2.75, 3.05) is 11.9 Å². The van der Waals surface area contributed by atoms with Crippen LogP contribution in [0.4, 0.5) is 5.82 Å². The van der Waals surface area contributed by atoms with E-state index in [2.05, 4.69) is 25.6 Å². The molecule has 0 saturated heterocycles. The zero-order valence-electron chi connectivity index (χ0n) is 19.2. The second kappa shape index (κ2) is 9.20. The summed E-state index contributed by atoms with van der Waals surface area (Å²) in [6.45, 7) is 2.26.